The number of hydrogen-bond donors (Lipinski definition) is 0. The number of aryl methyl sites for hydroxylation is 1. The summed E-state index contributed by atoms with van der Waals surface area (Å²) in [5.41, 5.74) is 0.802. The lowest BCUT2D eigenvalue weighted by atomic mass is 9.94. The molecule has 0 unspecified atom stereocenters. The average molecular weight is 279 g/mol. The van der Waals surface area contributed by atoms with Crippen LogP contribution in [-0.4, -0.2) is 17.9 Å². The van der Waals surface area contributed by atoms with Gasteiger partial charge in [0.2, 0.25) is 0 Å². The monoisotopic (exact) mass is 279 g/mol. The van der Waals surface area contributed by atoms with Gasteiger partial charge in [-0.2, -0.15) is 0 Å². The third-order valence-electron chi connectivity index (χ3n) is 4.46. The van der Waals surface area contributed by atoms with Gasteiger partial charge in [-0.05, 0) is 25.7 Å². The summed E-state index contributed by atoms with van der Waals surface area (Å²) in [5, 5.41) is 1.05. The second kappa shape index (κ2) is 5.33. The van der Waals surface area contributed by atoms with Gasteiger partial charge in [0.25, 0.3) is 0 Å². The molecule has 1 heterocycles. The molecule has 2 aliphatic rings. The Morgan fingerprint density at radius 2 is 1.84 bits per heavy atom. The van der Waals surface area contributed by atoms with Gasteiger partial charge in [-0.25, -0.2) is 4.98 Å². The van der Waals surface area contributed by atoms with Crippen LogP contribution in [0.3, 0.4) is 0 Å². The summed E-state index contributed by atoms with van der Waals surface area (Å²) in [5.74, 6) is 0.282. The summed E-state index contributed by atoms with van der Waals surface area (Å²) in [6.07, 6.45) is 9.66. The van der Waals surface area contributed by atoms with Gasteiger partial charge in [0, 0.05) is 13.5 Å². The van der Waals surface area contributed by atoms with Crippen LogP contribution in [0.5, 0.6) is 0 Å². The molecule has 0 aromatic carbocycles. The summed E-state index contributed by atoms with van der Waals surface area (Å²) in [4.78, 5) is 17.7. The highest BCUT2D eigenvalue weighted by atomic mass is 32.1. The molecule has 0 amide bonds. The van der Waals surface area contributed by atoms with Crippen LogP contribution in [0.1, 0.15) is 71.7 Å². The van der Waals surface area contributed by atoms with E-state index in [0.29, 0.717) is 6.42 Å². The lowest BCUT2D eigenvalue weighted by Crippen LogP contribution is -2.27. The van der Waals surface area contributed by atoms with Crippen molar-refractivity contribution in [3.05, 3.63) is 15.6 Å². The van der Waals surface area contributed by atoms with E-state index in [0.717, 1.165) is 41.3 Å². The zero-order chi connectivity index (χ0) is 13.3. The quantitative estimate of drug-likeness (QED) is 0.772. The van der Waals surface area contributed by atoms with Crippen LogP contribution in [0.2, 0.25) is 0 Å². The predicted octanol–water partition coefficient (Wildman–Crippen LogP) is 3.86. The van der Waals surface area contributed by atoms with E-state index in [1.807, 2.05) is 0 Å². The number of rotatable bonds is 2. The van der Waals surface area contributed by atoms with Gasteiger partial charge >= 0.3 is 0 Å². The molecule has 0 radical (unpaired) electrons. The minimum Gasteiger partial charge on any atom is -0.371 e. The highest BCUT2D eigenvalue weighted by molar-refractivity contribution is 7.14. The molecule has 3 rings (SSSR count). The number of aromatic nitrogens is 1. The molecular weight excluding hydrogens is 258 g/mol. The Balaban J connectivity index is 1.97. The maximum atomic E-state index is 12.0. The normalized spacial score (nSPS) is 22.9. The van der Waals surface area contributed by atoms with Crippen LogP contribution in [-0.2, 0) is 16.8 Å². The number of methoxy groups -OCH3 is 1. The molecule has 0 saturated heterocycles. The number of nitrogens with zero attached hydrogens (tertiary/aromatic N) is 1. The molecule has 3 nitrogen and oxygen atoms in total. The predicted molar refractivity (Wildman–Crippen MR) is 75.8 cm³/mol. The number of ketones is 1. The lowest BCUT2D eigenvalue weighted by molar-refractivity contribution is -0.0280. The molecule has 0 bridgehead atoms. The first-order chi connectivity index (χ1) is 9.25. The molecular formula is C15H21NO2S. The van der Waals surface area contributed by atoms with E-state index < -0.39 is 0 Å². The summed E-state index contributed by atoms with van der Waals surface area (Å²) in [6, 6.07) is 0. The number of Topliss-reactive ketones (excluding diaryl/α,β-unsaturated/α-hetero) is 1. The molecule has 19 heavy (non-hydrogen) atoms. The van der Waals surface area contributed by atoms with E-state index in [2.05, 4.69) is 0 Å². The van der Waals surface area contributed by atoms with Crippen LogP contribution in [0.4, 0.5) is 0 Å². The Morgan fingerprint density at radius 3 is 2.47 bits per heavy atom. The minimum absolute atomic E-state index is 0.223. The molecule has 1 saturated carbocycles. The Hall–Kier alpha value is -0.740. The first-order valence-electron chi connectivity index (χ1n) is 7.34. The van der Waals surface area contributed by atoms with Crippen molar-refractivity contribution in [2.45, 2.75) is 63.4 Å². The minimum atomic E-state index is -0.223. The van der Waals surface area contributed by atoms with Crippen molar-refractivity contribution in [2.75, 3.05) is 7.11 Å². The maximum Gasteiger partial charge on any atom is 0.174 e. The third kappa shape index (κ3) is 2.36. The second-order valence-electron chi connectivity index (χ2n) is 5.68. The number of ether oxygens (including phenoxy) is 1. The van der Waals surface area contributed by atoms with Crippen LogP contribution in [0.25, 0.3) is 0 Å². The highest BCUT2D eigenvalue weighted by Crippen LogP contribution is 2.42. The van der Waals surface area contributed by atoms with E-state index in [9.17, 15) is 4.79 Å². The van der Waals surface area contributed by atoms with Crippen molar-refractivity contribution >= 4 is 17.1 Å². The topological polar surface area (TPSA) is 39.2 Å². The lowest BCUT2D eigenvalue weighted by Gasteiger charge is -2.29. The molecule has 4 heteroatoms. The van der Waals surface area contributed by atoms with E-state index in [-0.39, 0.29) is 11.4 Å². The summed E-state index contributed by atoms with van der Waals surface area (Å²) in [6.45, 7) is 0. The van der Waals surface area contributed by atoms with Crippen LogP contribution >= 0.6 is 11.3 Å². The maximum absolute atomic E-state index is 12.0. The van der Waals surface area contributed by atoms with Crippen molar-refractivity contribution in [1.82, 2.24) is 4.98 Å². The molecule has 0 N–H and O–H groups in total. The van der Waals surface area contributed by atoms with Gasteiger partial charge in [0.15, 0.2) is 5.78 Å². The second-order valence-corrected chi connectivity index (χ2v) is 6.68. The summed E-state index contributed by atoms with van der Waals surface area (Å²) < 4.78 is 5.89. The van der Waals surface area contributed by atoms with Crippen LogP contribution < -0.4 is 0 Å². The SMILES string of the molecule is COC1(c2nc3c(s2)C(=O)CCC3)CCCCCC1. The van der Waals surface area contributed by atoms with Gasteiger partial charge in [0.1, 0.15) is 10.6 Å². The smallest absolute Gasteiger partial charge is 0.174 e. The van der Waals surface area contributed by atoms with E-state index in [1.54, 1.807) is 18.4 Å². The van der Waals surface area contributed by atoms with E-state index >= 15 is 0 Å². The molecule has 104 valence electrons. The Bertz CT molecular complexity index is 472. The fourth-order valence-corrected chi connectivity index (χ4v) is 4.57. The third-order valence-corrected chi connectivity index (χ3v) is 5.78. The van der Waals surface area contributed by atoms with Crippen molar-refractivity contribution < 1.29 is 9.53 Å². The van der Waals surface area contributed by atoms with Gasteiger partial charge in [-0.1, -0.05) is 25.7 Å². The summed E-state index contributed by atoms with van der Waals surface area (Å²) >= 11 is 1.60. The first kappa shape index (κ1) is 13.3. The molecule has 2 aliphatic carbocycles. The largest absolute Gasteiger partial charge is 0.371 e. The van der Waals surface area contributed by atoms with Gasteiger partial charge < -0.3 is 4.74 Å². The van der Waals surface area contributed by atoms with Gasteiger partial charge in [-0.3, -0.25) is 4.79 Å². The van der Waals surface area contributed by atoms with Gasteiger partial charge in [-0.15, -0.1) is 11.3 Å². The number of carbonyl (C=O) groups is 1. The molecule has 1 fully saturated rings. The Morgan fingerprint density at radius 1 is 1.11 bits per heavy atom. The molecule has 1 aromatic rings. The zero-order valence-electron chi connectivity index (χ0n) is 11.5. The fourth-order valence-electron chi connectivity index (χ4n) is 3.27. The van der Waals surface area contributed by atoms with E-state index in [4.69, 9.17) is 9.72 Å². The standard InChI is InChI=1S/C15H21NO2S/c1-18-15(9-4-2-3-5-10-15)14-16-11-7-6-8-12(17)13(11)19-14/h2-10H2,1H3. The van der Waals surface area contributed by atoms with Crippen molar-refractivity contribution in [3.63, 3.8) is 0 Å². The molecule has 1 aromatic heterocycles. The van der Waals surface area contributed by atoms with Crippen molar-refractivity contribution in [3.8, 4) is 0 Å². The number of fused-ring (bicyclic) bond motifs is 1. The number of hydrogen-bond acceptors (Lipinski definition) is 4. The van der Waals surface area contributed by atoms with Crippen molar-refractivity contribution in [2.24, 2.45) is 0 Å². The van der Waals surface area contributed by atoms with Gasteiger partial charge in [0.05, 0.1) is 10.6 Å². The number of carbonyl (C=O) groups excluding carboxylic acids is 1. The first-order valence-corrected chi connectivity index (χ1v) is 8.15. The fraction of sp³-hybridized carbons (Fsp3) is 0.733. The van der Waals surface area contributed by atoms with Crippen molar-refractivity contribution in [1.29, 1.82) is 0 Å². The zero-order valence-corrected chi connectivity index (χ0v) is 12.4. The average Bonchev–Trinajstić information content (AvgIpc) is 2.72. The highest BCUT2D eigenvalue weighted by Gasteiger charge is 2.37. The Labute approximate surface area is 118 Å². The van der Waals surface area contributed by atoms with E-state index in [1.165, 1.54) is 25.7 Å². The summed E-state index contributed by atoms with van der Waals surface area (Å²) in [7, 11) is 1.80. The molecule has 0 spiro atoms. The Kier molecular flexibility index (Phi) is 3.72. The molecule has 0 atom stereocenters. The molecule has 0 aliphatic heterocycles. The van der Waals surface area contributed by atoms with Crippen LogP contribution in [0.15, 0.2) is 0 Å². The number of thiazole rings is 1. The van der Waals surface area contributed by atoms with Crippen LogP contribution in [0, 0.1) is 0 Å².